The molecule has 1 saturated heterocycles. The van der Waals surface area contributed by atoms with Gasteiger partial charge in [-0.05, 0) is 12.1 Å². The van der Waals surface area contributed by atoms with Gasteiger partial charge in [0, 0.05) is 32.9 Å². The summed E-state index contributed by atoms with van der Waals surface area (Å²) < 4.78 is 8.85. The van der Waals surface area contributed by atoms with Gasteiger partial charge in [-0.15, -0.1) is 0 Å². The number of aliphatic hydroxyl groups is 1. The van der Waals surface area contributed by atoms with Gasteiger partial charge < -0.3 is 14.7 Å². The zero-order chi connectivity index (χ0) is 18.1. The summed E-state index contributed by atoms with van der Waals surface area (Å²) in [6.45, 7) is 5.22. The molecule has 9 nitrogen and oxygen atoms in total. The Morgan fingerprint density at radius 3 is 2.85 bits per heavy atom. The van der Waals surface area contributed by atoms with E-state index in [2.05, 4.69) is 15.1 Å². The van der Waals surface area contributed by atoms with Crippen LogP contribution in [0.4, 0.5) is 0 Å². The number of aromatic nitrogens is 4. The highest BCUT2D eigenvalue weighted by Gasteiger charge is 2.26. The van der Waals surface area contributed by atoms with Crippen molar-refractivity contribution in [1.82, 2.24) is 29.4 Å². The molecule has 0 saturated carbocycles. The number of amides is 1. The summed E-state index contributed by atoms with van der Waals surface area (Å²) in [4.78, 5) is 16.6. The van der Waals surface area contributed by atoms with Crippen molar-refractivity contribution in [2.75, 3.05) is 39.4 Å². The number of morpholine rings is 1. The van der Waals surface area contributed by atoms with E-state index in [0.29, 0.717) is 50.8 Å². The third-order valence-electron chi connectivity index (χ3n) is 5.05. The van der Waals surface area contributed by atoms with E-state index in [9.17, 15) is 9.90 Å². The molecule has 1 fully saturated rings. The largest absolute Gasteiger partial charge is 0.380 e. The minimum atomic E-state index is -0.821. The zero-order valence-electron chi connectivity index (χ0n) is 14.9. The maximum Gasteiger partial charge on any atom is 0.237 e. The molecule has 1 amide bonds. The van der Waals surface area contributed by atoms with Crippen LogP contribution >= 0.6 is 0 Å². The molecular formula is C17H24N6O3. The first-order chi connectivity index (χ1) is 12.6. The Morgan fingerprint density at radius 1 is 1.31 bits per heavy atom. The van der Waals surface area contributed by atoms with E-state index in [1.165, 1.54) is 0 Å². The van der Waals surface area contributed by atoms with Crippen LogP contribution in [0.5, 0.6) is 0 Å². The highest BCUT2D eigenvalue weighted by Crippen LogP contribution is 2.23. The summed E-state index contributed by atoms with van der Waals surface area (Å²) in [5.41, 5.74) is 2.23. The summed E-state index contributed by atoms with van der Waals surface area (Å²) in [6, 6.07) is 3.66. The lowest BCUT2D eigenvalue weighted by molar-refractivity contribution is -0.135. The van der Waals surface area contributed by atoms with Gasteiger partial charge in [0.25, 0.3) is 0 Å². The zero-order valence-corrected chi connectivity index (χ0v) is 14.9. The smallest absolute Gasteiger partial charge is 0.237 e. The Balaban J connectivity index is 1.43. The van der Waals surface area contributed by atoms with Gasteiger partial charge in [-0.2, -0.15) is 10.2 Å². The highest BCUT2D eigenvalue weighted by atomic mass is 16.5. The molecule has 1 atom stereocenters. The fourth-order valence-electron chi connectivity index (χ4n) is 3.49. The van der Waals surface area contributed by atoms with Crippen LogP contribution in [-0.2, 0) is 29.7 Å². The van der Waals surface area contributed by atoms with Crippen LogP contribution in [0.3, 0.4) is 0 Å². The molecule has 4 rings (SSSR count). The summed E-state index contributed by atoms with van der Waals surface area (Å²) >= 11 is 0. The molecule has 0 aliphatic carbocycles. The molecule has 0 bridgehead atoms. The lowest BCUT2D eigenvalue weighted by Gasteiger charge is -2.31. The molecule has 2 aliphatic heterocycles. The van der Waals surface area contributed by atoms with Gasteiger partial charge in [-0.3, -0.25) is 19.1 Å². The van der Waals surface area contributed by atoms with Gasteiger partial charge in [0.2, 0.25) is 5.91 Å². The highest BCUT2D eigenvalue weighted by molar-refractivity contribution is 5.78. The van der Waals surface area contributed by atoms with Crippen LogP contribution in [-0.4, -0.2) is 79.8 Å². The maximum absolute atomic E-state index is 12.6. The van der Waals surface area contributed by atoms with Crippen LogP contribution in [0, 0.1) is 0 Å². The Morgan fingerprint density at radius 2 is 2.12 bits per heavy atom. The molecule has 0 unspecified atom stereocenters. The van der Waals surface area contributed by atoms with Crippen LogP contribution in [0.1, 0.15) is 23.2 Å². The van der Waals surface area contributed by atoms with Crippen molar-refractivity contribution < 1.29 is 14.6 Å². The molecule has 2 aromatic heterocycles. The Hall–Kier alpha value is -2.23. The first-order valence-electron chi connectivity index (χ1n) is 8.92. The van der Waals surface area contributed by atoms with E-state index in [1.54, 1.807) is 24.0 Å². The number of hydrogen-bond donors (Lipinski definition) is 1. The van der Waals surface area contributed by atoms with Crippen molar-refractivity contribution in [3.05, 3.63) is 35.4 Å². The van der Waals surface area contributed by atoms with Gasteiger partial charge in [-0.25, -0.2) is 0 Å². The minimum absolute atomic E-state index is 0.132. The van der Waals surface area contributed by atoms with E-state index < -0.39 is 6.10 Å². The first-order valence-corrected chi connectivity index (χ1v) is 8.92. The second-order valence-corrected chi connectivity index (χ2v) is 6.77. The molecule has 0 aromatic carbocycles. The quantitative estimate of drug-likeness (QED) is 0.781. The normalized spacial score (nSPS) is 19.4. The Labute approximate surface area is 151 Å². The lowest BCUT2D eigenvalue weighted by atomic mass is 10.1. The van der Waals surface area contributed by atoms with Crippen molar-refractivity contribution in [2.24, 2.45) is 7.05 Å². The van der Waals surface area contributed by atoms with Gasteiger partial charge in [0.1, 0.15) is 6.10 Å². The summed E-state index contributed by atoms with van der Waals surface area (Å²) in [5, 5.41) is 19.2. The van der Waals surface area contributed by atoms with Gasteiger partial charge in [0.15, 0.2) is 0 Å². The number of aliphatic hydroxyl groups excluding tert-OH is 1. The number of carbonyl (C=O) groups excluding carboxylic acids is 1. The van der Waals surface area contributed by atoms with Crippen LogP contribution in [0.15, 0.2) is 18.3 Å². The topological polar surface area (TPSA) is 88.7 Å². The predicted octanol–water partition coefficient (Wildman–Crippen LogP) is -0.627. The number of carbonyl (C=O) groups is 1. The molecule has 26 heavy (non-hydrogen) atoms. The van der Waals surface area contributed by atoms with Gasteiger partial charge in [-0.1, -0.05) is 0 Å². The second-order valence-electron chi connectivity index (χ2n) is 6.77. The third-order valence-corrected chi connectivity index (χ3v) is 5.05. The molecule has 0 radical (unpaired) electrons. The summed E-state index contributed by atoms with van der Waals surface area (Å²) in [6.07, 6.45) is 0.832. The standard InChI is InChI=1S/C17H24N6O3/c1-20-15(2-3-18-20)17(25)14-10-13-11-22(4-5-23(13)19-14)16(24)12-21-6-8-26-9-7-21/h2-3,10,17,25H,4-9,11-12H2,1H3/t17-/m0/s1. The van der Waals surface area contributed by atoms with Crippen molar-refractivity contribution >= 4 is 5.91 Å². The second kappa shape index (κ2) is 7.18. The molecule has 0 spiro atoms. The Bertz CT molecular complexity index is 779. The number of ether oxygens (including phenoxy) is 1. The average molecular weight is 360 g/mol. The van der Waals surface area contributed by atoms with Gasteiger partial charge >= 0.3 is 0 Å². The summed E-state index contributed by atoms with van der Waals surface area (Å²) in [7, 11) is 1.79. The summed E-state index contributed by atoms with van der Waals surface area (Å²) in [5.74, 6) is 0.132. The number of fused-ring (bicyclic) bond motifs is 1. The average Bonchev–Trinajstić information content (AvgIpc) is 3.27. The number of nitrogens with zero attached hydrogens (tertiary/aromatic N) is 6. The van der Waals surface area contributed by atoms with Gasteiger partial charge in [0.05, 0.1) is 49.9 Å². The van der Waals surface area contributed by atoms with Crippen molar-refractivity contribution in [2.45, 2.75) is 19.2 Å². The molecule has 9 heteroatoms. The van der Waals surface area contributed by atoms with E-state index >= 15 is 0 Å². The molecule has 1 N–H and O–H groups in total. The molecule has 2 aromatic rings. The maximum atomic E-state index is 12.6. The Kier molecular flexibility index (Phi) is 4.75. The fourth-order valence-corrected chi connectivity index (χ4v) is 3.49. The monoisotopic (exact) mass is 360 g/mol. The van der Waals surface area contributed by atoms with E-state index in [4.69, 9.17) is 4.74 Å². The van der Waals surface area contributed by atoms with Crippen molar-refractivity contribution in [3.63, 3.8) is 0 Å². The first kappa shape index (κ1) is 17.2. The van der Waals surface area contributed by atoms with Crippen molar-refractivity contribution in [1.29, 1.82) is 0 Å². The van der Waals surface area contributed by atoms with E-state index in [1.807, 2.05) is 15.6 Å². The molecule has 4 heterocycles. The van der Waals surface area contributed by atoms with Crippen LogP contribution < -0.4 is 0 Å². The van der Waals surface area contributed by atoms with E-state index in [0.717, 1.165) is 18.8 Å². The fraction of sp³-hybridized carbons (Fsp3) is 0.588. The molecule has 140 valence electrons. The van der Waals surface area contributed by atoms with Crippen LogP contribution in [0.25, 0.3) is 0 Å². The third kappa shape index (κ3) is 3.37. The van der Waals surface area contributed by atoms with Crippen molar-refractivity contribution in [3.8, 4) is 0 Å². The van der Waals surface area contributed by atoms with E-state index in [-0.39, 0.29) is 5.91 Å². The number of hydrogen-bond acceptors (Lipinski definition) is 6. The SMILES string of the molecule is Cn1nccc1[C@@H](O)c1cc2n(n1)CCN(C(=O)CN1CCOCC1)C2. The molecule has 2 aliphatic rings. The van der Waals surface area contributed by atoms with Crippen LogP contribution in [0.2, 0.25) is 0 Å². The lowest BCUT2D eigenvalue weighted by Crippen LogP contribution is -2.46. The number of aryl methyl sites for hydroxylation is 1. The minimum Gasteiger partial charge on any atom is -0.380 e. The number of rotatable bonds is 4. The molecular weight excluding hydrogens is 336 g/mol. The predicted molar refractivity (Wildman–Crippen MR) is 92.2 cm³/mol.